The molecule has 0 aromatic carbocycles. The first-order valence-corrected chi connectivity index (χ1v) is 5.21. The van der Waals surface area contributed by atoms with Crippen molar-refractivity contribution >= 4 is 11.9 Å². The lowest BCUT2D eigenvalue weighted by Gasteiger charge is -2.46. The largest absolute Gasteiger partial charge is 0.449 e. The average Bonchev–Trinajstić information content (AvgIpc) is 2.08. The minimum Gasteiger partial charge on any atom is -0.449 e. The van der Waals surface area contributed by atoms with E-state index in [0.717, 1.165) is 6.42 Å². The topological polar surface area (TPSA) is 69.4 Å². The van der Waals surface area contributed by atoms with Crippen molar-refractivity contribution in [1.82, 2.24) is 0 Å². The Morgan fingerprint density at radius 1 is 1.47 bits per heavy atom. The Bertz CT molecular complexity index is 286. The monoisotopic (exact) mass is 213 g/mol. The van der Waals surface area contributed by atoms with Crippen molar-refractivity contribution in [3.05, 3.63) is 0 Å². The summed E-state index contributed by atoms with van der Waals surface area (Å²) in [6.45, 7) is 6.41. The Morgan fingerprint density at radius 2 is 2.07 bits per heavy atom. The Hall–Kier alpha value is -1.06. The predicted octanol–water partition coefficient (Wildman–Crippen LogP) is 1.87. The highest BCUT2D eigenvalue weighted by molar-refractivity contribution is 5.80. The third-order valence-corrected chi connectivity index (χ3v) is 3.76. The minimum atomic E-state index is -0.746. The minimum absolute atomic E-state index is 0.141. The number of Topliss-reactive ketones (excluding diaryl/α,β-unsaturated/α-hetero) is 1. The molecule has 1 aliphatic carbocycles. The summed E-state index contributed by atoms with van der Waals surface area (Å²) in [7, 11) is 0. The van der Waals surface area contributed by atoms with Gasteiger partial charge in [0.1, 0.15) is 5.78 Å². The lowest BCUT2D eigenvalue weighted by Crippen LogP contribution is -2.45. The second-order valence-electron chi connectivity index (χ2n) is 5.27. The number of carbonyl (C=O) groups excluding carboxylic acids is 2. The van der Waals surface area contributed by atoms with E-state index in [1.54, 1.807) is 0 Å². The van der Waals surface area contributed by atoms with Crippen LogP contribution in [0.2, 0.25) is 0 Å². The van der Waals surface area contributed by atoms with Crippen LogP contribution in [0.4, 0.5) is 4.79 Å². The van der Waals surface area contributed by atoms with Gasteiger partial charge >= 0.3 is 6.09 Å². The van der Waals surface area contributed by atoms with Gasteiger partial charge in [0, 0.05) is 18.3 Å². The molecule has 4 nitrogen and oxygen atoms in total. The number of rotatable bonds is 2. The van der Waals surface area contributed by atoms with Crippen molar-refractivity contribution in [3.63, 3.8) is 0 Å². The van der Waals surface area contributed by atoms with E-state index in [9.17, 15) is 9.59 Å². The van der Waals surface area contributed by atoms with Gasteiger partial charge in [0.25, 0.3) is 0 Å². The molecule has 15 heavy (non-hydrogen) atoms. The number of primary amides is 1. The molecule has 0 spiro atoms. The summed E-state index contributed by atoms with van der Waals surface area (Å²) in [4.78, 5) is 22.0. The summed E-state index contributed by atoms with van der Waals surface area (Å²) in [6.07, 6.45) is 1.13. The van der Waals surface area contributed by atoms with E-state index in [1.807, 2.05) is 20.8 Å². The predicted molar refractivity (Wildman–Crippen MR) is 56.3 cm³/mol. The molecular weight excluding hydrogens is 194 g/mol. The molecule has 0 saturated heterocycles. The molecule has 1 atom stereocenters. The van der Waals surface area contributed by atoms with E-state index in [2.05, 4.69) is 0 Å². The molecule has 1 saturated carbocycles. The van der Waals surface area contributed by atoms with Crippen LogP contribution in [-0.2, 0) is 9.53 Å². The van der Waals surface area contributed by atoms with Gasteiger partial charge in [-0.05, 0) is 11.8 Å². The van der Waals surface area contributed by atoms with Crippen LogP contribution in [-0.4, -0.2) is 18.5 Å². The SMILES string of the molecule is CC1(C)CC(=O)CCC1(C)COC(N)=O. The number of amides is 1. The molecule has 4 heteroatoms. The second kappa shape index (κ2) is 3.83. The number of hydrogen-bond acceptors (Lipinski definition) is 3. The smallest absolute Gasteiger partial charge is 0.404 e. The van der Waals surface area contributed by atoms with Crippen LogP contribution in [0.1, 0.15) is 40.0 Å². The van der Waals surface area contributed by atoms with E-state index in [1.165, 1.54) is 0 Å². The maximum Gasteiger partial charge on any atom is 0.404 e. The van der Waals surface area contributed by atoms with Crippen LogP contribution in [0.15, 0.2) is 0 Å². The quantitative estimate of drug-likeness (QED) is 0.761. The van der Waals surface area contributed by atoms with E-state index >= 15 is 0 Å². The highest BCUT2D eigenvalue weighted by atomic mass is 16.5. The zero-order chi connectivity index (χ0) is 11.7. The van der Waals surface area contributed by atoms with Gasteiger partial charge in [0.05, 0.1) is 6.61 Å². The number of ether oxygens (including phenoxy) is 1. The first-order chi connectivity index (χ1) is 6.77. The lowest BCUT2D eigenvalue weighted by atomic mass is 9.59. The van der Waals surface area contributed by atoms with E-state index in [-0.39, 0.29) is 16.6 Å². The fraction of sp³-hybridized carbons (Fsp3) is 0.818. The Morgan fingerprint density at radius 3 is 2.53 bits per heavy atom. The highest BCUT2D eigenvalue weighted by Gasteiger charge is 2.46. The summed E-state index contributed by atoms with van der Waals surface area (Å²) in [5.41, 5.74) is 4.66. The Kier molecular flexibility index (Phi) is 3.07. The van der Waals surface area contributed by atoms with Gasteiger partial charge in [-0.1, -0.05) is 20.8 Å². The molecule has 0 heterocycles. The molecule has 0 radical (unpaired) electrons. The standard InChI is InChI=1S/C11H19NO3/c1-10(2)6-8(13)4-5-11(10,3)7-15-9(12)14/h4-7H2,1-3H3,(H2,12,14). The van der Waals surface area contributed by atoms with Gasteiger partial charge in [-0.3, -0.25) is 4.79 Å². The fourth-order valence-corrected chi connectivity index (χ4v) is 2.05. The van der Waals surface area contributed by atoms with Crippen molar-refractivity contribution in [1.29, 1.82) is 0 Å². The Labute approximate surface area is 90.2 Å². The number of nitrogens with two attached hydrogens (primary N) is 1. The Balaban J connectivity index is 2.73. The molecular formula is C11H19NO3. The molecule has 1 unspecified atom stereocenters. The van der Waals surface area contributed by atoms with Crippen molar-refractivity contribution in [2.75, 3.05) is 6.61 Å². The molecule has 0 aromatic heterocycles. The number of hydrogen-bond donors (Lipinski definition) is 1. The van der Waals surface area contributed by atoms with Crippen molar-refractivity contribution in [2.24, 2.45) is 16.6 Å². The normalized spacial score (nSPS) is 29.9. The van der Waals surface area contributed by atoms with Crippen LogP contribution >= 0.6 is 0 Å². The number of carbonyl (C=O) groups is 2. The van der Waals surface area contributed by atoms with Gasteiger partial charge in [-0.15, -0.1) is 0 Å². The first kappa shape index (κ1) is 12.0. The molecule has 1 amide bonds. The summed E-state index contributed by atoms with van der Waals surface area (Å²) in [5.74, 6) is 0.288. The molecule has 1 aliphatic rings. The summed E-state index contributed by atoms with van der Waals surface area (Å²) in [6, 6.07) is 0. The van der Waals surface area contributed by atoms with E-state index in [4.69, 9.17) is 10.5 Å². The third-order valence-electron chi connectivity index (χ3n) is 3.76. The van der Waals surface area contributed by atoms with Crippen LogP contribution in [0, 0.1) is 10.8 Å². The van der Waals surface area contributed by atoms with Gasteiger partial charge in [0.2, 0.25) is 0 Å². The zero-order valence-electron chi connectivity index (χ0n) is 9.63. The van der Waals surface area contributed by atoms with Crippen LogP contribution in [0.3, 0.4) is 0 Å². The van der Waals surface area contributed by atoms with Gasteiger partial charge < -0.3 is 10.5 Å². The van der Waals surface area contributed by atoms with Gasteiger partial charge in [0.15, 0.2) is 0 Å². The molecule has 1 rings (SSSR count). The molecule has 2 N–H and O–H groups in total. The summed E-state index contributed by atoms with van der Waals surface area (Å²) >= 11 is 0. The van der Waals surface area contributed by atoms with Crippen LogP contribution in [0.5, 0.6) is 0 Å². The average molecular weight is 213 g/mol. The molecule has 1 fully saturated rings. The molecule has 86 valence electrons. The van der Waals surface area contributed by atoms with Gasteiger partial charge in [-0.25, -0.2) is 4.79 Å². The van der Waals surface area contributed by atoms with E-state index < -0.39 is 6.09 Å². The summed E-state index contributed by atoms with van der Waals surface area (Å²) in [5, 5.41) is 0. The van der Waals surface area contributed by atoms with E-state index in [0.29, 0.717) is 19.4 Å². The molecule has 0 bridgehead atoms. The van der Waals surface area contributed by atoms with Crippen molar-refractivity contribution in [2.45, 2.75) is 40.0 Å². The molecule has 0 aliphatic heterocycles. The van der Waals surface area contributed by atoms with Crippen LogP contribution < -0.4 is 5.73 Å². The molecule has 0 aromatic rings. The number of ketones is 1. The first-order valence-electron chi connectivity index (χ1n) is 5.21. The van der Waals surface area contributed by atoms with Crippen LogP contribution in [0.25, 0.3) is 0 Å². The maximum atomic E-state index is 11.4. The summed E-state index contributed by atoms with van der Waals surface area (Å²) < 4.78 is 4.88. The lowest BCUT2D eigenvalue weighted by molar-refractivity contribution is -0.130. The maximum absolute atomic E-state index is 11.4. The fourth-order valence-electron chi connectivity index (χ4n) is 2.05. The third kappa shape index (κ3) is 2.49. The van der Waals surface area contributed by atoms with Gasteiger partial charge in [-0.2, -0.15) is 0 Å². The van der Waals surface area contributed by atoms with Crippen molar-refractivity contribution < 1.29 is 14.3 Å². The highest BCUT2D eigenvalue weighted by Crippen LogP contribution is 2.48. The van der Waals surface area contributed by atoms with Crippen molar-refractivity contribution in [3.8, 4) is 0 Å². The zero-order valence-corrected chi connectivity index (χ0v) is 9.63. The second-order valence-corrected chi connectivity index (χ2v) is 5.27.